The van der Waals surface area contributed by atoms with E-state index in [0.717, 1.165) is 16.7 Å². The second-order valence-corrected chi connectivity index (χ2v) is 9.20. The van der Waals surface area contributed by atoms with E-state index < -0.39 is 10.0 Å². The molecule has 29 heavy (non-hydrogen) atoms. The van der Waals surface area contributed by atoms with E-state index in [2.05, 4.69) is 4.90 Å². The molecule has 8 heteroatoms. The number of hydrogen-bond acceptors (Lipinski definition) is 6. The summed E-state index contributed by atoms with van der Waals surface area (Å²) in [5.74, 6) is 1.16. The van der Waals surface area contributed by atoms with E-state index in [9.17, 15) is 13.5 Å². The molecule has 2 aromatic carbocycles. The zero-order chi connectivity index (χ0) is 21.2. The highest BCUT2D eigenvalue weighted by Crippen LogP contribution is 2.31. The first kappa shape index (κ1) is 21.4. The molecule has 0 atom stereocenters. The second-order valence-electron chi connectivity index (χ2n) is 7.26. The molecule has 0 aliphatic carbocycles. The fraction of sp³-hybridized carbons (Fsp3) is 0.429. The van der Waals surface area contributed by atoms with Crippen LogP contribution >= 0.6 is 0 Å². The Morgan fingerprint density at radius 1 is 0.931 bits per heavy atom. The molecule has 0 amide bonds. The van der Waals surface area contributed by atoms with Crippen molar-refractivity contribution in [2.45, 2.75) is 25.3 Å². The van der Waals surface area contributed by atoms with E-state index in [1.165, 1.54) is 30.7 Å². The number of sulfonamides is 1. The van der Waals surface area contributed by atoms with Gasteiger partial charge in [0.25, 0.3) is 0 Å². The van der Waals surface area contributed by atoms with Crippen LogP contribution in [0.2, 0.25) is 0 Å². The number of ether oxygens (including phenoxy) is 2. The van der Waals surface area contributed by atoms with Crippen molar-refractivity contribution in [3.63, 3.8) is 0 Å². The third-order valence-corrected chi connectivity index (χ3v) is 7.31. The Balaban J connectivity index is 1.69. The van der Waals surface area contributed by atoms with Crippen LogP contribution in [0.1, 0.15) is 16.7 Å². The Kier molecular flexibility index (Phi) is 6.36. The first-order valence-electron chi connectivity index (χ1n) is 9.50. The molecule has 1 fully saturated rings. The minimum Gasteiger partial charge on any atom is -0.508 e. The fourth-order valence-corrected chi connectivity index (χ4v) is 4.92. The van der Waals surface area contributed by atoms with E-state index in [0.29, 0.717) is 44.2 Å². The molecule has 158 valence electrons. The van der Waals surface area contributed by atoms with Gasteiger partial charge in [-0.1, -0.05) is 6.07 Å². The van der Waals surface area contributed by atoms with Crippen LogP contribution in [-0.4, -0.2) is 63.1 Å². The quantitative estimate of drug-likeness (QED) is 0.774. The zero-order valence-electron chi connectivity index (χ0n) is 17.3. The predicted molar refractivity (Wildman–Crippen MR) is 111 cm³/mol. The van der Waals surface area contributed by atoms with Crippen molar-refractivity contribution in [3.8, 4) is 17.2 Å². The molecule has 1 N–H and O–H groups in total. The van der Waals surface area contributed by atoms with Gasteiger partial charge in [-0.25, -0.2) is 8.42 Å². The van der Waals surface area contributed by atoms with Crippen LogP contribution in [0.15, 0.2) is 35.2 Å². The summed E-state index contributed by atoms with van der Waals surface area (Å²) in [5, 5.41) is 10.2. The van der Waals surface area contributed by atoms with Crippen LogP contribution in [0.25, 0.3) is 0 Å². The lowest BCUT2D eigenvalue weighted by atomic mass is 10.0. The van der Waals surface area contributed by atoms with Crippen LogP contribution in [0.5, 0.6) is 17.2 Å². The topological polar surface area (TPSA) is 79.3 Å². The van der Waals surface area contributed by atoms with Gasteiger partial charge in [0, 0.05) is 44.4 Å². The molecule has 1 aliphatic rings. The molecular formula is C21H28N2O5S. The van der Waals surface area contributed by atoms with Gasteiger partial charge in [0.15, 0.2) is 11.5 Å². The normalized spacial score (nSPS) is 16.0. The molecule has 1 aliphatic heterocycles. The number of methoxy groups -OCH3 is 2. The van der Waals surface area contributed by atoms with Crippen molar-refractivity contribution in [3.05, 3.63) is 47.0 Å². The average molecular weight is 421 g/mol. The van der Waals surface area contributed by atoms with Crippen molar-refractivity contribution in [2.24, 2.45) is 0 Å². The summed E-state index contributed by atoms with van der Waals surface area (Å²) in [6.07, 6.45) is 0. The number of nitrogens with zero attached hydrogens (tertiary/aromatic N) is 2. The van der Waals surface area contributed by atoms with Crippen molar-refractivity contribution in [2.75, 3.05) is 40.4 Å². The molecular weight excluding hydrogens is 392 g/mol. The lowest BCUT2D eigenvalue weighted by Gasteiger charge is -2.34. The molecule has 0 spiro atoms. The summed E-state index contributed by atoms with van der Waals surface area (Å²) < 4.78 is 38.0. The first-order valence-corrected chi connectivity index (χ1v) is 10.9. The van der Waals surface area contributed by atoms with E-state index in [1.807, 2.05) is 19.9 Å². The van der Waals surface area contributed by atoms with Gasteiger partial charge in [0.2, 0.25) is 10.0 Å². The first-order chi connectivity index (χ1) is 13.8. The maximum atomic E-state index is 13.0. The van der Waals surface area contributed by atoms with Crippen LogP contribution in [0.4, 0.5) is 0 Å². The molecule has 0 saturated carbocycles. The van der Waals surface area contributed by atoms with Gasteiger partial charge in [0.05, 0.1) is 19.1 Å². The summed E-state index contributed by atoms with van der Waals surface area (Å²) in [6, 6.07) is 8.41. The SMILES string of the molecule is COc1ccc(S(=O)(=O)N2CCN(Cc3cc(C)c(C)cc3O)CC2)cc1OC. The smallest absolute Gasteiger partial charge is 0.243 e. The van der Waals surface area contributed by atoms with Crippen LogP contribution < -0.4 is 9.47 Å². The lowest BCUT2D eigenvalue weighted by molar-refractivity contribution is 0.180. The second kappa shape index (κ2) is 8.61. The minimum atomic E-state index is -3.61. The molecule has 0 unspecified atom stereocenters. The average Bonchev–Trinajstić information content (AvgIpc) is 2.71. The zero-order valence-corrected chi connectivity index (χ0v) is 18.1. The number of aromatic hydroxyl groups is 1. The fourth-order valence-electron chi connectivity index (χ4n) is 3.48. The van der Waals surface area contributed by atoms with Crippen molar-refractivity contribution < 1.29 is 23.0 Å². The highest BCUT2D eigenvalue weighted by molar-refractivity contribution is 7.89. The number of hydrogen-bond donors (Lipinski definition) is 1. The largest absolute Gasteiger partial charge is 0.508 e. The van der Waals surface area contributed by atoms with Gasteiger partial charge in [-0.3, -0.25) is 4.90 Å². The monoisotopic (exact) mass is 420 g/mol. The van der Waals surface area contributed by atoms with Crippen LogP contribution in [0.3, 0.4) is 0 Å². The van der Waals surface area contributed by atoms with Crippen molar-refractivity contribution in [1.29, 1.82) is 0 Å². The number of rotatable bonds is 6. The standard InChI is InChI=1S/C21H28N2O5S/c1-15-11-17(19(24)12-16(15)2)14-22-7-9-23(10-8-22)29(25,26)18-5-6-20(27-3)21(13-18)28-4/h5-6,11-13,24H,7-10,14H2,1-4H3. The molecule has 0 bridgehead atoms. The summed E-state index contributed by atoms with van der Waals surface area (Å²) in [4.78, 5) is 2.35. The maximum absolute atomic E-state index is 13.0. The summed E-state index contributed by atoms with van der Waals surface area (Å²) in [5.41, 5.74) is 3.05. The van der Waals surface area contributed by atoms with Crippen molar-refractivity contribution in [1.82, 2.24) is 9.21 Å². The number of piperazine rings is 1. The number of phenolic OH excluding ortho intramolecular Hbond substituents is 1. The van der Waals surface area contributed by atoms with E-state index >= 15 is 0 Å². The van der Waals surface area contributed by atoms with E-state index in [4.69, 9.17) is 9.47 Å². The Morgan fingerprint density at radius 3 is 2.17 bits per heavy atom. The molecule has 7 nitrogen and oxygen atoms in total. The number of benzene rings is 2. The molecule has 1 saturated heterocycles. The van der Waals surface area contributed by atoms with Gasteiger partial charge in [-0.05, 0) is 43.2 Å². The molecule has 1 heterocycles. The molecule has 3 rings (SSSR count). The number of aryl methyl sites for hydroxylation is 2. The number of phenols is 1. The molecule has 0 radical (unpaired) electrons. The van der Waals surface area contributed by atoms with Gasteiger partial charge in [-0.15, -0.1) is 0 Å². The predicted octanol–water partition coefficient (Wildman–Crippen LogP) is 2.53. The Labute approximate surface area is 172 Å². The van der Waals surface area contributed by atoms with Crippen LogP contribution in [-0.2, 0) is 16.6 Å². The third kappa shape index (κ3) is 4.49. The van der Waals surface area contributed by atoms with Gasteiger partial charge in [-0.2, -0.15) is 4.31 Å². The van der Waals surface area contributed by atoms with E-state index in [-0.39, 0.29) is 10.6 Å². The van der Waals surface area contributed by atoms with Gasteiger partial charge >= 0.3 is 0 Å². The molecule has 0 aromatic heterocycles. The highest BCUT2D eigenvalue weighted by atomic mass is 32.2. The highest BCUT2D eigenvalue weighted by Gasteiger charge is 2.29. The molecule has 2 aromatic rings. The Bertz CT molecular complexity index is 983. The Morgan fingerprint density at radius 2 is 1.55 bits per heavy atom. The summed E-state index contributed by atoms with van der Waals surface area (Å²) >= 11 is 0. The van der Waals surface area contributed by atoms with E-state index in [1.54, 1.807) is 12.1 Å². The van der Waals surface area contributed by atoms with Gasteiger partial charge in [0.1, 0.15) is 5.75 Å². The summed E-state index contributed by atoms with van der Waals surface area (Å²) in [6.45, 7) is 6.56. The maximum Gasteiger partial charge on any atom is 0.243 e. The van der Waals surface area contributed by atoms with Crippen molar-refractivity contribution >= 4 is 10.0 Å². The summed E-state index contributed by atoms with van der Waals surface area (Å²) in [7, 11) is -0.621. The van der Waals surface area contributed by atoms with Crippen LogP contribution in [0, 0.1) is 13.8 Å². The minimum absolute atomic E-state index is 0.190. The lowest BCUT2D eigenvalue weighted by Crippen LogP contribution is -2.48. The Hall–Kier alpha value is -2.29. The van der Waals surface area contributed by atoms with Gasteiger partial charge < -0.3 is 14.6 Å². The third-order valence-electron chi connectivity index (χ3n) is 5.41.